The molecule has 4 aromatic rings. The van der Waals surface area contributed by atoms with Crippen molar-refractivity contribution in [2.45, 2.75) is 25.2 Å². The van der Waals surface area contributed by atoms with Gasteiger partial charge in [0.05, 0.1) is 17.0 Å². The molecule has 42 heavy (non-hydrogen) atoms. The van der Waals surface area contributed by atoms with Gasteiger partial charge in [-0.3, -0.25) is 14.8 Å². The number of sulfonamides is 1. The third kappa shape index (κ3) is 7.36. The van der Waals surface area contributed by atoms with Crippen molar-refractivity contribution in [2.24, 2.45) is 0 Å². The predicted octanol–water partition coefficient (Wildman–Crippen LogP) is 3.28. The lowest BCUT2D eigenvalue weighted by Gasteiger charge is -2.35. The summed E-state index contributed by atoms with van der Waals surface area (Å²) in [6.07, 6.45) is 1.74. The van der Waals surface area contributed by atoms with E-state index in [4.69, 9.17) is 0 Å². The molecule has 0 aliphatic carbocycles. The zero-order valence-electron chi connectivity index (χ0n) is 22.9. The molecule has 3 aromatic heterocycles. The molecule has 0 atom stereocenters. The first-order valence-corrected chi connectivity index (χ1v) is 15.4. The summed E-state index contributed by atoms with van der Waals surface area (Å²) in [6, 6.07) is 12.9. The third-order valence-electron chi connectivity index (χ3n) is 6.30. The Morgan fingerprint density at radius 1 is 0.952 bits per heavy atom. The van der Waals surface area contributed by atoms with Gasteiger partial charge in [0.15, 0.2) is 5.13 Å². The van der Waals surface area contributed by atoms with Crippen molar-refractivity contribution in [1.82, 2.24) is 24.8 Å². The van der Waals surface area contributed by atoms with Crippen LogP contribution in [-0.2, 0) is 21.2 Å². The molecule has 13 nitrogen and oxygen atoms in total. The smallest absolute Gasteiger partial charge is 0.323 e. The molecule has 4 heterocycles. The van der Waals surface area contributed by atoms with E-state index < -0.39 is 10.0 Å². The zero-order chi connectivity index (χ0) is 29.7. The third-order valence-corrected chi connectivity index (χ3v) is 8.48. The molecule has 3 amide bonds. The Morgan fingerprint density at radius 2 is 1.71 bits per heavy atom. The predicted molar refractivity (Wildman–Crippen MR) is 160 cm³/mol. The number of hydrogen-bond acceptors (Lipinski definition) is 10. The standard InChI is InChI=1S/C27H29N9O4S2/c1-18-15-23(30-19(2)29-18)34-42(39,40)22-8-6-20(7-9-22)31-25(37)16-21-17-41-26(32-21)33-27(38)36-13-11-35(12-14-36)24-5-3-4-10-28-24/h3-10,15,17H,11-14,16H2,1-2H3,(H,31,37)(H,29,30,34)(H,32,33,38). The Hall–Kier alpha value is -4.63. The number of nitrogens with one attached hydrogen (secondary N) is 3. The highest BCUT2D eigenvalue weighted by Crippen LogP contribution is 2.20. The molecule has 0 unspecified atom stereocenters. The topological polar surface area (TPSA) is 162 Å². The number of aromatic nitrogens is 4. The summed E-state index contributed by atoms with van der Waals surface area (Å²) in [6.45, 7) is 5.90. The van der Waals surface area contributed by atoms with Crippen LogP contribution in [0.4, 0.5) is 27.2 Å². The SMILES string of the molecule is Cc1cc(NS(=O)(=O)c2ccc(NC(=O)Cc3csc(NC(=O)N4CCN(c5ccccn5)CC4)n3)cc2)nc(C)n1. The number of carbonyl (C=O) groups excluding carboxylic acids is 2. The fraction of sp³-hybridized carbons (Fsp3) is 0.259. The average molecular weight is 608 g/mol. The molecule has 218 valence electrons. The summed E-state index contributed by atoms with van der Waals surface area (Å²) in [5.74, 6) is 1.20. The molecule has 0 radical (unpaired) electrons. The van der Waals surface area contributed by atoms with E-state index in [2.05, 4.69) is 40.2 Å². The van der Waals surface area contributed by atoms with Gasteiger partial charge in [0, 0.05) is 55.2 Å². The highest BCUT2D eigenvalue weighted by atomic mass is 32.2. The lowest BCUT2D eigenvalue weighted by molar-refractivity contribution is -0.115. The van der Waals surface area contributed by atoms with Crippen LogP contribution in [0.2, 0.25) is 0 Å². The van der Waals surface area contributed by atoms with Gasteiger partial charge in [-0.2, -0.15) is 0 Å². The lowest BCUT2D eigenvalue weighted by Crippen LogP contribution is -2.50. The fourth-order valence-electron chi connectivity index (χ4n) is 4.35. The maximum absolute atomic E-state index is 12.7. The summed E-state index contributed by atoms with van der Waals surface area (Å²) in [5.41, 5.74) is 1.58. The van der Waals surface area contributed by atoms with Gasteiger partial charge in [0.25, 0.3) is 10.0 Å². The number of rotatable bonds is 8. The Labute approximate surface area is 247 Å². The van der Waals surface area contributed by atoms with Gasteiger partial charge < -0.3 is 15.1 Å². The van der Waals surface area contributed by atoms with Gasteiger partial charge in [-0.25, -0.2) is 33.1 Å². The Morgan fingerprint density at radius 3 is 2.40 bits per heavy atom. The van der Waals surface area contributed by atoms with E-state index >= 15 is 0 Å². The molecule has 1 aliphatic rings. The summed E-state index contributed by atoms with van der Waals surface area (Å²) in [5, 5.41) is 7.67. The number of pyridine rings is 1. The number of piperazine rings is 1. The number of nitrogens with zero attached hydrogens (tertiary/aromatic N) is 6. The molecule has 1 aliphatic heterocycles. The summed E-state index contributed by atoms with van der Waals surface area (Å²) in [4.78, 5) is 46.2. The average Bonchev–Trinajstić information content (AvgIpc) is 3.39. The minimum absolute atomic E-state index is 0.0108. The van der Waals surface area contributed by atoms with Crippen LogP contribution in [0.3, 0.4) is 0 Å². The first kappa shape index (κ1) is 28.9. The van der Waals surface area contributed by atoms with Crippen molar-refractivity contribution in [3.63, 3.8) is 0 Å². The largest absolute Gasteiger partial charge is 0.353 e. The van der Waals surface area contributed by atoms with Crippen LogP contribution in [0.25, 0.3) is 0 Å². The van der Waals surface area contributed by atoms with E-state index in [1.165, 1.54) is 35.6 Å². The van der Waals surface area contributed by atoms with Gasteiger partial charge in [0.2, 0.25) is 5.91 Å². The van der Waals surface area contributed by atoms with Crippen molar-refractivity contribution in [3.05, 3.63) is 77.3 Å². The molecule has 0 saturated carbocycles. The normalized spacial score (nSPS) is 13.5. The van der Waals surface area contributed by atoms with Crippen molar-refractivity contribution < 1.29 is 18.0 Å². The van der Waals surface area contributed by atoms with Crippen molar-refractivity contribution in [2.75, 3.05) is 46.4 Å². The second-order valence-corrected chi connectivity index (χ2v) is 12.1. The number of urea groups is 1. The van der Waals surface area contributed by atoms with Crippen LogP contribution < -0.4 is 20.3 Å². The summed E-state index contributed by atoms with van der Waals surface area (Å²) >= 11 is 1.24. The first-order chi connectivity index (χ1) is 20.1. The number of thiazole rings is 1. The maximum atomic E-state index is 12.7. The van der Waals surface area contributed by atoms with Crippen LogP contribution >= 0.6 is 11.3 Å². The number of carbonyl (C=O) groups is 2. The van der Waals surface area contributed by atoms with Crippen molar-refractivity contribution in [1.29, 1.82) is 0 Å². The molecule has 1 saturated heterocycles. The van der Waals surface area contributed by atoms with E-state index in [1.54, 1.807) is 36.4 Å². The Bertz CT molecular complexity index is 1650. The number of benzene rings is 1. The Kier molecular flexibility index (Phi) is 8.59. The quantitative estimate of drug-likeness (QED) is 0.273. The van der Waals surface area contributed by atoms with Crippen LogP contribution in [0.5, 0.6) is 0 Å². The van der Waals surface area contributed by atoms with Gasteiger partial charge in [-0.05, 0) is 50.2 Å². The highest BCUT2D eigenvalue weighted by molar-refractivity contribution is 7.92. The molecular formula is C27H29N9O4S2. The number of amides is 3. The highest BCUT2D eigenvalue weighted by Gasteiger charge is 2.23. The van der Waals surface area contributed by atoms with E-state index in [1.807, 2.05) is 18.2 Å². The van der Waals surface area contributed by atoms with Crippen molar-refractivity contribution >= 4 is 55.8 Å². The van der Waals surface area contributed by atoms with Crippen LogP contribution in [0.1, 0.15) is 17.2 Å². The second kappa shape index (κ2) is 12.5. The van der Waals surface area contributed by atoms with Gasteiger partial charge >= 0.3 is 6.03 Å². The van der Waals surface area contributed by atoms with Gasteiger partial charge in [-0.15, -0.1) is 11.3 Å². The van der Waals surface area contributed by atoms with Gasteiger partial charge in [-0.1, -0.05) is 6.07 Å². The summed E-state index contributed by atoms with van der Waals surface area (Å²) in [7, 11) is -3.88. The monoisotopic (exact) mass is 607 g/mol. The molecule has 1 aromatic carbocycles. The molecule has 5 rings (SSSR count). The molecule has 0 bridgehead atoms. The van der Waals surface area contributed by atoms with Crippen LogP contribution in [-0.4, -0.2) is 71.4 Å². The number of aryl methyl sites for hydroxylation is 2. The fourth-order valence-corrected chi connectivity index (χ4v) is 6.04. The Balaban J connectivity index is 1.10. The minimum atomic E-state index is -3.88. The number of hydrogen-bond donors (Lipinski definition) is 3. The zero-order valence-corrected chi connectivity index (χ0v) is 24.6. The molecule has 0 spiro atoms. The van der Waals surface area contributed by atoms with E-state index in [0.29, 0.717) is 54.2 Å². The molecule has 3 N–H and O–H groups in total. The number of anilines is 4. The van der Waals surface area contributed by atoms with Crippen LogP contribution in [0, 0.1) is 13.8 Å². The second-order valence-electron chi connectivity index (χ2n) is 9.53. The van der Waals surface area contributed by atoms with E-state index in [9.17, 15) is 18.0 Å². The van der Waals surface area contributed by atoms with E-state index in [-0.39, 0.29) is 29.1 Å². The van der Waals surface area contributed by atoms with Crippen molar-refractivity contribution in [3.8, 4) is 0 Å². The minimum Gasteiger partial charge on any atom is -0.353 e. The molecule has 15 heteroatoms. The molecular weight excluding hydrogens is 578 g/mol. The first-order valence-electron chi connectivity index (χ1n) is 13.1. The summed E-state index contributed by atoms with van der Waals surface area (Å²) < 4.78 is 27.9. The maximum Gasteiger partial charge on any atom is 0.323 e. The lowest BCUT2D eigenvalue weighted by atomic mass is 10.3. The molecule has 1 fully saturated rings. The van der Waals surface area contributed by atoms with Gasteiger partial charge in [0.1, 0.15) is 17.5 Å². The van der Waals surface area contributed by atoms with Crippen LogP contribution in [0.15, 0.2) is 65.0 Å². The van der Waals surface area contributed by atoms with E-state index in [0.717, 1.165) is 5.82 Å².